The molecule has 1 aromatic rings. The molecule has 0 heterocycles. The molecule has 0 fully saturated rings. The third kappa shape index (κ3) is 1.74. The van der Waals surface area contributed by atoms with Gasteiger partial charge in [0.05, 0.1) is 5.56 Å². The molecular formula is C9H7FO2. The van der Waals surface area contributed by atoms with Crippen molar-refractivity contribution in [1.29, 1.82) is 0 Å². The van der Waals surface area contributed by atoms with E-state index in [-0.39, 0.29) is 12.2 Å². The van der Waals surface area contributed by atoms with Gasteiger partial charge in [0.1, 0.15) is 6.61 Å². The van der Waals surface area contributed by atoms with Gasteiger partial charge in [-0.05, 0) is 12.1 Å². The van der Waals surface area contributed by atoms with E-state index in [9.17, 15) is 4.39 Å². The van der Waals surface area contributed by atoms with Crippen molar-refractivity contribution in [3.8, 4) is 17.6 Å². The van der Waals surface area contributed by atoms with Gasteiger partial charge >= 0.3 is 0 Å². The number of phenolic OH excluding ortho intramolecular Hbond substituents is 1. The van der Waals surface area contributed by atoms with Crippen molar-refractivity contribution in [2.45, 2.75) is 0 Å². The van der Waals surface area contributed by atoms with Gasteiger partial charge in [-0.2, -0.15) is 0 Å². The van der Waals surface area contributed by atoms with E-state index in [1.165, 1.54) is 18.2 Å². The number of aliphatic hydroxyl groups is 1. The Bertz CT molecular complexity index is 336. The summed E-state index contributed by atoms with van der Waals surface area (Å²) in [6.07, 6.45) is 0. The third-order valence-electron chi connectivity index (χ3n) is 1.28. The molecule has 0 radical (unpaired) electrons. The Labute approximate surface area is 69.3 Å². The van der Waals surface area contributed by atoms with E-state index in [2.05, 4.69) is 11.8 Å². The van der Waals surface area contributed by atoms with Gasteiger partial charge in [0.25, 0.3) is 0 Å². The first-order chi connectivity index (χ1) is 5.75. The number of halogens is 1. The van der Waals surface area contributed by atoms with Crippen LogP contribution in [0.1, 0.15) is 5.56 Å². The zero-order valence-corrected chi connectivity index (χ0v) is 6.21. The maximum absolute atomic E-state index is 12.9. The van der Waals surface area contributed by atoms with E-state index in [4.69, 9.17) is 10.2 Å². The second-order valence-electron chi connectivity index (χ2n) is 2.10. The fourth-order valence-electron chi connectivity index (χ4n) is 0.751. The SMILES string of the molecule is OCC#Cc1cccc(O)c1F. The summed E-state index contributed by atoms with van der Waals surface area (Å²) in [4.78, 5) is 0. The molecule has 0 saturated carbocycles. The molecule has 0 spiro atoms. The lowest BCUT2D eigenvalue weighted by molar-refractivity contribution is 0.350. The van der Waals surface area contributed by atoms with Gasteiger partial charge in [0.2, 0.25) is 0 Å². The fourth-order valence-corrected chi connectivity index (χ4v) is 0.751. The fraction of sp³-hybridized carbons (Fsp3) is 0.111. The van der Waals surface area contributed by atoms with Crippen LogP contribution in [0.2, 0.25) is 0 Å². The number of aliphatic hydroxyl groups excluding tert-OH is 1. The molecular weight excluding hydrogens is 159 g/mol. The van der Waals surface area contributed by atoms with Crippen molar-refractivity contribution in [2.24, 2.45) is 0 Å². The van der Waals surface area contributed by atoms with Crippen LogP contribution in [0.5, 0.6) is 5.75 Å². The summed E-state index contributed by atoms with van der Waals surface area (Å²) < 4.78 is 12.9. The molecule has 0 bridgehead atoms. The minimum atomic E-state index is -0.751. The normalized spacial score (nSPS) is 8.83. The molecule has 0 aromatic heterocycles. The highest BCUT2D eigenvalue weighted by atomic mass is 19.1. The van der Waals surface area contributed by atoms with Crippen LogP contribution in [-0.2, 0) is 0 Å². The second kappa shape index (κ2) is 3.74. The lowest BCUT2D eigenvalue weighted by Crippen LogP contribution is -1.84. The lowest BCUT2D eigenvalue weighted by atomic mass is 10.2. The zero-order chi connectivity index (χ0) is 8.97. The van der Waals surface area contributed by atoms with Crippen molar-refractivity contribution >= 4 is 0 Å². The molecule has 0 amide bonds. The summed E-state index contributed by atoms with van der Waals surface area (Å²) >= 11 is 0. The molecule has 62 valence electrons. The van der Waals surface area contributed by atoms with Crippen LogP contribution in [0, 0.1) is 17.7 Å². The molecule has 0 aliphatic carbocycles. The first-order valence-corrected chi connectivity index (χ1v) is 3.33. The topological polar surface area (TPSA) is 40.5 Å². The molecule has 3 heteroatoms. The summed E-state index contributed by atoms with van der Waals surface area (Å²) in [5, 5.41) is 17.2. The summed E-state index contributed by atoms with van der Waals surface area (Å²) in [7, 11) is 0. The van der Waals surface area contributed by atoms with Gasteiger partial charge in [0.15, 0.2) is 11.6 Å². The van der Waals surface area contributed by atoms with Gasteiger partial charge in [-0.3, -0.25) is 0 Å². The Hall–Kier alpha value is -1.53. The molecule has 0 aliphatic heterocycles. The van der Waals surface area contributed by atoms with Crippen molar-refractivity contribution in [3.63, 3.8) is 0 Å². The number of hydrogen-bond donors (Lipinski definition) is 2. The maximum Gasteiger partial charge on any atom is 0.180 e. The van der Waals surface area contributed by atoms with Crippen LogP contribution >= 0.6 is 0 Å². The van der Waals surface area contributed by atoms with Crippen LogP contribution in [0.3, 0.4) is 0 Å². The molecule has 0 atom stereocenters. The Morgan fingerprint density at radius 1 is 1.42 bits per heavy atom. The predicted molar refractivity (Wildman–Crippen MR) is 42.0 cm³/mol. The number of phenols is 1. The van der Waals surface area contributed by atoms with Crippen molar-refractivity contribution < 1.29 is 14.6 Å². The third-order valence-corrected chi connectivity index (χ3v) is 1.28. The van der Waals surface area contributed by atoms with Gasteiger partial charge < -0.3 is 10.2 Å². The van der Waals surface area contributed by atoms with Crippen molar-refractivity contribution in [2.75, 3.05) is 6.61 Å². The monoisotopic (exact) mass is 166 g/mol. The minimum absolute atomic E-state index is 0.0871. The number of benzene rings is 1. The average Bonchev–Trinajstić information content (AvgIpc) is 2.08. The van der Waals surface area contributed by atoms with Crippen LogP contribution in [-0.4, -0.2) is 16.8 Å². The van der Waals surface area contributed by atoms with E-state index >= 15 is 0 Å². The van der Waals surface area contributed by atoms with E-state index in [0.29, 0.717) is 0 Å². The summed E-state index contributed by atoms with van der Waals surface area (Å²) in [5.41, 5.74) is 0.0871. The van der Waals surface area contributed by atoms with Gasteiger partial charge in [-0.1, -0.05) is 17.9 Å². The van der Waals surface area contributed by atoms with Gasteiger partial charge in [-0.25, -0.2) is 4.39 Å². The van der Waals surface area contributed by atoms with Crippen LogP contribution in [0.25, 0.3) is 0 Å². The van der Waals surface area contributed by atoms with Crippen LogP contribution in [0.15, 0.2) is 18.2 Å². The van der Waals surface area contributed by atoms with E-state index in [1.54, 1.807) is 0 Å². The van der Waals surface area contributed by atoms with Crippen LogP contribution in [0.4, 0.5) is 4.39 Å². The first-order valence-electron chi connectivity index (χ1n) is 3.33. The molecule has 1 rings (SSSR count). The molecule has 12 heavy (non-hydrogen) atoms. The minimum Gasteiger partial charge on any atom is -0.505 e. The standard InChI is InChI=1S/C9H7FO2/c10-9-7(4-2-6-11)3-1-5-8(9)12/h1,3,5,11-12H,6H2. The quantitative estimate of drug-likeness (QED) is 0.561. The van der Waals surface area contributed by atoms with Gasteiger partial charge in [-0.15, -0.1) is 0 Å². The summed E-state index contributed by atoms with van der Waals surface area (Å²) in [6.45, 7) is -0.324. The van der Waals surface area contributed by atoms with Gasteiger partial charge in [0, 0.05) is 0 Å². The van der Waals surface area contributed by atoms with E-state index in [1.807, 2.05) is 0 Å². The lowest BCUT2D eigenvalue weighted by Gasteiger charge is -1.95. The van der Waals surface area contributed by atoms with E-state index in [0.717, 1.165) is 0 Å². The molecule has 0 unspecified atom stereocenters. The summed E-state index contributed by atoms with van der Waals surface area (Å²) in [5.74, 6) is 3.47. The van der Waals surface area contributed by atoms with Crippen molar-refractivity contribution in [3.05, 3.63) is 29.6 Å². The molecule has 2 nitrogen and oxygen atoms in total. The first kappa shape index (κ1) is 8.57. The number of aromatic hydroxyl groups is 1. The second-order valence-corrected chi connectivity index (χ2v) is 2.10. The van der Waals surface area contributed by atoms with E-state index < -0.39 is 11.6 Å². The zero-order valence-electron chi connectivity index (χ0n) is 6.21. The number of rotatable bonds is 0. The average molecular weight is 166 g/mol. The summed E-state index contributed by atoms with van der Waals surface area (Å²) in [6, 6.07) is 4.15. The molecule has 0 saturated heterocycles. The highest BCUT2D eigenvalue weighted by Gasteiger charge is 2.02. The predicted octanol–water partition coefficient (Wildman–Crippen LogP) is 0.875. The highest BCUT2D eigenvalue weighted by Crippen LogP contribution is 2.17. The van der Waals surface area contributed by atoms with Crippen molar-refractivity contribution in [1.82, 2.24) is 0 Å². The Kier molecular flexibility index (Phi) is 2.67. The van der Waals surface area contributed by atoms with Crippen LogP contribution < -0.4 is 0 Å². The Morgan fingerprint density at radius 3 is 2.83 bits per heavy atom. The molecule has 2 N–H and O–H groups in total. The smallest absolute Gasteiger partial charge is 0.180 e. The Morgan fingerprint density at radius 2 is 2.17 bits per heavy atom. The number of hydrogen-bond acceptors (Lipinski definition) is 2. The molecule has 1 aromatic carbocycles. The Balaban J connectivity index is 3.08. The highest BCUT2D eigenvalue weighted by molar-refractivity contribution is 5.40. The largest absolute Gasteiger partial charge is 0.505 e. The molecule has 0 aliphatic rings. The maximum atomic E-state index is 12.9.